The number of amides is 2. The number of piperidine rings is 1. The summed E-state index contributed by atoms with van der Waals surface area (Å²) in [6.45, 7) is 0.943. The fourth-order valence-electron chi connectivity index (χ4n) is 3.74. The van der Waals surface area contributed by atoms with Crippen LogP contribution in [0.25, 0.3) is 5.70 Å². The van der Waals surface area contributed by atoms with E-state index in [-0.39, 0.29) is 6.03 Å². The van der Waals surface area contributed by atoms with Crippen LogP contribution in [0, 0.1) is 0 Å². The number of carbonyl (C=O) groups excluding carboxylic acids is 1. The summed E-state index contributed by atoms with van der Waals surface area (Å²) in [6, 6.07) is 11.9. The van der Waals surface area contributed by atoms with Crippen LogP contribution in [-0.4, -0.2) is 36.7 Å². The van der Waals surface area contributed by atoms with Gasteiger partial charge in [0.05, 0.1) is 24.1 Å². The number of anilines is 1. The highest BCUT2D eigenvalue weighted by atomic mass is 19.4. The largest absolute Gasteiger partial charge is 0.495 e. The van der Waals surface area contributed by atoms with E-state index in [1.54, 1.807) is 24.1 Å². The number of alkyl halides is 3. The maximum Gasteiger partial charge on any atom is 0.416 e. The number of methoxy groups -OCH3 is 1. The molecule has 6 nitrogen and oxygen atoms in total. The SMILES string of the molecule is COc1ccccc1NC(=O)N1CCC2(C=C(c3ccc(C(F)(F)F)cc3)NO2)CC1. The molecule has 2 amide bonds. The first-order valence-electron chi connectivity index (χ1n) is 9.83. The first-order valence-corrected chi connectivity index (χ1v) is 9.83. The minimum absolute atomic E-state index is 0.225. The van der Waals surface area contributed by atoms with E-state index >= 15 is 0 Å². The number of benzene rings is 2. The normalized spacial score (nSPS) is 17.8. The van der Waals surface area contributed by atoms with Crippen molar-refractivity contribution in [3.8, 4) is 5.75 Å². The van der Waals surface area contributed by atoms with Crippen LogP contribution in [0.15, 0.2) is 54.6 Å². The van der Waals surface area contributed by atoms with E-state index in [4.69, 9.17) is 9.57 Å². The molecule has 4 rings (SSSR count). The molecular weight excluding hydrogens is 411 g/mol. The van der Waals surface area contributed by atoms with Crippen molar-refractivity contribution in [1.82, 2.24) is 10.4 Å². The summed E-state index contributed by atoms with van der Waals surface area (Å²) in [6.07, 6.45) is -1.36. The molecule has 0 bridgehead atoms. The van der Waals surface area contributed by atoms with Gasteiger partial charge in [-0.15, -0.1) is 0 Å². The summed E-state index contributed by atoms with van der Waals surface area (Å²) in [5.74, 6) is 0.580. The zero-order valence-electron chi connectivity index (χ0n) is 16.8. The van der Waals surface area contributed by atoms with Crippen molar-refractivity contribution in [3.63, 3.8) is 0 Å². The molecule has 1 spiro atoms. The second kappa shape index (κ2) is 8.14. The van der Waals surface area contributed by atoms with Gasteiger partial charge in [-0.1, -0.05) is 24.3 Å². The molecule has 164 valence electrons. The van der Waals surface area contributed by atoms with Crippen LogP contribution in [-0.2, 0) is 11.0 Å². The molecule has 2 aliphatic heterocycles. The number of urea groups is 1. The lowest BCUT2D eigenvalue weighted by Gasteiger charge is -2.36. The van der Waals surface area contributed by atoms with E-state index in [0.717, 1.165) is 12.1 Å². The molecule has 1 fully saturated rings. The maximum atomic E-state index is 12.8. The third-order valence-electron chi connectivity index (χ3n) is 5.54. The highest BCUT2D eigenvalue weighted by Crippen LogP contribution is 2.36. The van der Waals surface area contributed by atoms with Gasteiger partial charge in [0, 0.05) is 25.9 Å². The molecule has 0 radical (unpaired) electrons. The molecule has 0 saturated carbocycles. The van der Waals surface area contributed by atoms with Crippen molar-refractivity contribution in [2.75, 3.05) is 25.5 Å². The zero-order chi connectivity index (χ0) is 22.1. The number of para-hydroxylation sites is 2. The lowest BCUT2D eigenvalue weighted by atomic mass is 9.90. The molecule has 0 aromatic heterocycles. The van der Waals surface area contributed by atoms with Crippen molar-refractivity contribution in [1.29, 1.82) is 0 Å². The van der Waals surface area contributed by atoms with Crippen LogP contribution in [0.2, 0.25) is 0 Å². The Morgan fingerprint density at radius 3 is 2.45 bits per heavy atom. The van der Waals surface area contributed by atoms with Crippen molar-refractivity contribution in [2.24, 2.45) is 0 Å². The van der Waals surface area contributed by atoms with Crippen molar-refractivity contribution in [3.05, 3.63) is 65.7 Å². The molecule has 2 heterocycles. The average molecular weight is 433 g/mol. The lowest BCUT2D eigenvalue weighted by molar-refractivity contribution is -0.137. The third kappa shape index (κ3) is 4.46. The van der Waals surface area contributed by atoms with Crippen LogP contribution < -0.4 is 15.5 Å². The lowest BCUT2D eigenvalue weighted by Crippen LogP contribution is -2.48. The predicted molar refractivity (Wildman–Crippen MR) is 109 cm³/mol. The molecule has 2 aliphatic rings. The number of carbonyl (C=O) groups is 1. The van der Waals surface area contributed by atoms with Gasteiger partial charge < -0.3 is 15.0 Å². The van der Waals surface area contributed by atoms with Gasteiger partial charge in [0.25, 0.3) is 0 Å². The second-order valence-corrected chi connectivity index (χ2v) is 7.52. The molecule has 9 heteroatoms. The van der Waals surface area contributed by atoms with Crippen LogP contribution in [0.1, 0.15) is 24.0 Å². The smallest absolute Gasteiger partial charge is 0.416 e. The van der Waals surface area contributed by atoms with Gasteiger partial charge in [-0.2, -0.15) is 13.2 Å². The second-order valence-electron chi connectivity index (χ2n) is 7.52. The Kier molecular flexibility index (Phi) is 5.53. The first-order chi connectivity index (χ1) is 14.8. The summed E-state index contributed by atoms with van der Waals surface area (Å²) in [5, 5.41) is 2.86. The molecule has 1 saturated heterocycles. The topological polar surface area (TPSA) is 62.8 Å². The Morgan fingerprint density at radius 2 is 1.81 bits per heavy atom. The fourth-order valence-corrected chi connectivity index (χ4v) is 3.74. The van der Waals surface area contributed by atoms with Gasteiger partial charge in [0.1, 0.15) is 11.4 Å². The standard InChI is InChI=1S/C22H22F3N3O3/c1-30-19-5-3-2-4-17(19)26-20(29)28-12-10-21(11-13-28)14-18(27-31-21)15-6-8-16(9-7-15)22(23,24)25/h2-9,14,27H,10-13H2,1H3,(H,26,29). The molecule has 2 aromatic rings. The van der Waals surface area contributed by atoms with Crippen LogP contribution in [0.4, 0.5) is 23.7 Å². The third-order valence-corrected chi connectivity index (χ3v) is 5.54. The quantitative estimate of drug-likeness (QED) is 0.739. The summed E-state index contributed by atoms with van der Waals surface area (Å²) in [7, 11) is 1.54. The number of halogens is 3. The fraction of sp³-hybridized carbons (Fsp3) is 0.318. The molecule has 31 heavy (non-hydrogen) atoms. The molecule has 2 aromatic carbocycles. The zero-order valence-corrected chi connectivity index (χ0v) is 16.8. The van der Waals surface area contributed by atoms with E-state index < -0.39 is 17.3 Å². The number of likely N-dealkylation sites (tertiary alicyclic amines) is 1. The number of nitrogens with one attached hydrogen (secondary N) is 2. The minimum atomic E-state index is -4.37. The van der Waals surface area contributed by atoms with E-state index in [2.05, 4.69) is 10.8 Å². The Bertz CT molecular complexity index is 981. The van der Waals surface area contributed by atoms with E-state index in [1.165, 1.54) is 12.1 Å². The summed E-state index contributed by atoms with van der Waals surface area (Å²) < 4.78 is 43.6. The maximum absolute atomic E-state index is 12.8. The van der Waals surface area contributed by atoms with Crippen molar-refractivity contribution < 1.29 is 27.5 Å². The molecule has 0 unspecified atom stereocenters. The summed E-state index contributed by atoms with van der Waals surface area (Å²) in [4.78, 5) is 20.1. The van der Waals surface area contributed by atoms with Gasteiger partial charge in [0.2, 0.25) is 0 Å². The average Bonchev–Trinajstić information content (AvgIpc) is 3.17. The Labute approximate surface area is 177 Å². The number of hydrogen-bond acceptors (Lipinski definition) is 4. The Hall–Kier alpha value is -3.20. The molecule has 2 N–H and O–H groups in total. The summed E-state index contributed by atoms with van der Waals surface area (Å²) in [5.41, 5.74) is 3.38. The van der Waals surface area contributed by atoms with E-state index in [1.807, 2.05) is 18.2 Å². The number of hydroxylamine groups is 1. The molecule has 0 atom stereocenters. The number of ether oxygens (including phenoxy) is 1. The molecule has 0 aliphatic carbocycles. The molecular formula is C22H22F3N3O3. The monoisotopic (exact) mass is 433 g/mol. The van der Waals surface area contributed by atoms with Crippen LogP contribution in [0.3, 0.4) is 0 Å². The Morgan fingerprint density at radius 1 is 1.13 bits per heavy atom. The number of nitrogens with zero attached hydrogens (tertiary/aromatic N) is 1. The van der Waals surface area contributed by atoms with E-state index in [9.17, 15) is 18.0 Å². The van der Waals surface area contributed by atoms with Gasteiger partial charge in [-0.3, -0.25) is 10.3 Å². The number of hydrogen-bond donors (Lipinski definition) is 2. The van der Waals surface area contributed by atoms with Gasteiger partial charge >= 0.3 is 12.2 Å². The van der Waals surface area contributed by atoms with Crippen molar-refractivity contribution >= 4 is 17.4 Å². The highest BCUT2D eigenvalue weighted by molar-refractivity contribution is 5.91. The van der Waals surface area contributed by atoms with Gasteiger partial charge in [0.15, 0.2) is 0 Å². The highest BCUT2D eigenvalue weighted by Gasteiger charge is 2.40. The van der Waals surface area contributed by atoms with Crippen molar-refractivity contribution in [2.45, 2.75) is 24.6 Å². The predicted octanol–water partition coefficient (Wildman–Crippen LogP) is 4.66. The van der Waals surface area contributed by atoms with E-state index in [0.29, 0.717) is 48.6 Å². The Balaban J connectivity index is 1.39. The first kappa shape index (κ1) is 21.0. The van der Waals surface area contributed by atoms with Gasteiger partial charge in [-0.25, -0.2) is 4.79 Å². The summed E-state index contributed by atoms with van der Waals surface area (Å²) >= 11 is 0. The van der Waals surface area contributed by atoms with Crippen LogP contribution in [0.5, 0.6) is 5.75 Å². The van der Waals surface area contributed by atoms with Gasteiger partial charge in [-0.05, 0) is 35.9 Å². The van der Waals surface area contributed by atoms with Crippen LogP contribution >= 0.6 is 0 Å². The number of rotatable bonds is 3. The minimum Gasteiger partial charge on any atom is -0.495 e.